The molecule has 1 atom stereocenters. The number of fused-ring (bicyclic) bond motifs is 1. The number of H-pyrrole nitrogens is 1. The van der Waals surface area contributed by atoms with Gasteiger partial charge in [-0.2, -0.15) is 0 Å². The van der Waals surface area contributed by atoms with Crippen LogP contribution in [0.15, 0.2) is 54.7 Å². The van der Waals surface area contributed by atoms with E-state index in [1.165, 1.54) is 6.92 Å². The van der Waals surface area contributed by atoms with Gasteiger partial charge in [-0.15, -0.1) is 0 Å². The maximum atomic E-state index is 12.8. The number of aromatic amines is 1. The van der Waals surface area contributed by atoms with Crippen molar-refractivity contribution in [2.45, 2.75) is 32.2 Å². The predicted octanol–water partition coefficient (Wildman–Crippen LogP) is 2.69. The minimum atomic E-state index is -0.777. The number of benzene rings is 2. The van der Waals surface area contributed by atoms with Gasteiger partial charge in [0.15, 0.2) is 0 Å². The van der Waals surface area contributed by atoms with Gasteiger partial charge in [0, 0.05) is 42.7 Å². The number of para-hydroxylation sites is 1. The van der Waals surface area contributed by atoms with Gasteiger partial charge in [0.05, 0.1) is 5.69 Å². The summed E-state index contributed by atoms with van der Waals surface area (Å²) in [6.45, 7) is 1.86. The van der Waals surface area contributed by atoms with Crippen LogP contribution < -0.4 is 20.9 Å². The molecule has 0 saturated carbocycles. The molecule has 1 saturated heterocycles. The molecule has 0 bridgehead atoms. The Morgan fingerprint density at radius 1 is 1.09 bits per heavy atom. The zero-order valence-corrected chi connectivity index (χ0v) is 18.2. The number of urea groups is 1. The molecule has 2 heterocycles. The summed E-state index contributed by atoms with van der Waals surface area (Å²) >= 11 is 0. The average Bonchev–Trinajstić information content (AvgIpc) is 3.32. The molecule has 1 aliphatic heterocycles. The van der Waals surface area contributed by atoms with Crippen LogP contribution in [0.3, 0.4) is 0 Å². The molecule has 9 heteroatoms. The number of rotatable bonds is 8. The zero-order chi connectivity index (χ0) is 23.4. The lowest BCUT2D eigenvalue weighted by molar-refractivity contribution is -0.121. The number of nitrogens with zero attached hydrogens (tertiary/aromatic N) is 1. The van der Waals surface area contributed by atoms with Crippen LogP contribution in [0, 0.1) is 0 Å². The maximum Gasteiger partial charge on any atom is 0.329 e. The highest BCUT2D eigenvalue weighted by atomic mass is 16.2. The molecule has 0 radical (unpaired) electrons. The lowest BCUT2D eigenvalue weighted by Gasteiger charge is -2.14. The van der Waals surface area contributed by atoms with Crippen molar-refractivity contribution >= 4 is 46.0 Å². The fourth-order valence-electron chi connectivity index (χ4n) is 3.94. The van der Waals surface area contributed by atoms with Gasteiger partial charge < -0.3 is 20.9 Å². The van der Waals surface area contributed by atoms with Gasteiger partial charge in [-0.1, -0.05) is 24.3 Å². The first-order chi connectivity index (χ1) is 15.9. The molecular formula is C24H25N5O4. The van der Waals surface area contributed by atoms with Crippen molar-refractivity contribution in [2.24, 2.45) is 0 Å². The van der Waals surface area contributed by atoms with E-state index < -0.39 is 18.0 Å². The van der Waals surface area contributed by atoms with E-state index in [4.69, 9.17) is 0 Å². The first kappa shape index (κ1) is 22.1. The molecule has 0 spiro atoms. The molecule has 1 aliphatic rings. The fraction of sp³-hybridized carbons (Fsp3) is 0.250. The van der Waals surface area contributed by atoms with E-state index in [1.54, 1.807) is 24.3 Å². The van der Waals surface area contributed by atoms with Gasteiger partial charge in [-0.3, -0.25) is 14.4 Å². The zero-order valence-electron chi connectivity index (χ0n) is 18.2. The molecule has 3 aromatic rings. The molecule has 170 valence electrons. The number of hydrogen-bond donors (Lipinski definition) is 4. The van der Waals surface area contributed by atoms with E-state index in [2.05, 4.69) is 20.9 Å². The Balaban J connectivity index is 1.28. The standard InChI is InChI=1S/C24H25N5O4/c1-15(30)27-17-5-4-6-18(13-17)29-23(32)21(28-24(29)33)9-10-22(31)25-12-11-16-14-26-20-8-3-2-7-19(16)20/h2-8,13-14,21,26H,9-12H2,1H3,(H,25,31)(H,27,30)(H,28,33)/t21-/m0/s1. The molecule has 0 aliphatic carbocycles. The summed E-state index contributed by atoms with van der Waals surface area (Å²) < 4.78 is 0. The Labute approximate surface area is 190 Å². The summed E-state index contributed by atoms with van der Waals surface area (Å²) in [5.74, 6) is -0.854. The maximum absolute atomic E-state index is 12.8. The van der Waals surface area contributed by atoms with Crippen molar-refractivity contribution < 1.29 is 19.2 Å². The van der Waals surface area contributed by atoms with Crippen molar-refractivity contribution in [1.29, 1.82) is 0 Å². The van der Waals surface area contributed by atoms with Crippen LogP contribution in [0.5, 0.6) is 0 Å². The Morgan fingerprint density at radius 3 is 2.73 bits per heavy atom. The van der Waals surface area contributed by atoms with Crippen molar-refractivity contribution in [3.05, 3.63) is 60.3 Å². The number of amides is 5. The monoisotopic (exact) mass is 447 g/mol. The third-order valence-electron chi connectivity index (χ3n) is 5.50. The predicted molar refractivity (Wildman–Crippen MR) is 125 cm³/mol. The Morgan fingerprint density at radius 2 is 1.91 bits per heavy atom. The summed E-state index contributed by atoms with van der Waals surface area (Å²) in [5, 5.41) is 9.26. The molecule has 4 rings (SSSR count). The summed E-state index contributed by atoms with van der Waals surface area (Å²) in [6.07, 6.45) is 2.95. The molecule has 1 fully saturated rings. The van der Waals surface area contributed by atoms with Gasteiger partial charge in [0.2, 0.25) is 11.8 Å². The van der Waals surface area contributed by atoms with E-state index in [9.17, 15) is 19.2 Å². The average molecular weight is 447 g/mol. The normalized spacial score (nSPS) is 15.5. The quantitative estimate of drug-likeness (QED) is 0.397. The van der Waals surface area contributed by atoms with Crippen molar-refractivity contribution in [2.75, 3.05) is 16.8 Å². The van der Waals surface area contributed by atoms with Crippen LogP contribution in [0.4, 0.5) is 16.2 Å². The van der Waals surface area contributed by atoms with Gasteiger partial charge in [0.1, 0.15) is 6.04 Å². The Kier molecular flexibility index (Phi) is 6.39. The first-order valence-electron chi connectivity index (χ1n) is 10.8. The molecule has 4 N–H and O–H groups in total. The van der Waals surface area contributed by atoms with Gasteiger partial charge >= 0.3 is 6.03 Å². The second-order valence-electron chi connectivity index (χ2n) is 7.91. The van der Waals surface area contributed by atoms with Crippen LogP contribution >= 0.6 is 0 Å². The number of imide groups is 1. The topological polar surface area (TPSA) is 123 Å². The molecule has 9 nitrogen and oxygen atoms in total. The highest BCUT2D eigenvalue weighted by molar-refractivity contribution is 6.21. The second kappa shape index (κ2) is 9.56. The van der Waals surface area contributed by atoms with E-state index in [1.807, 2.05) is 30.5 Å². The minimum Gasteiger partial charge on any atom is -0.361 e. The minimum absolute atomic E-state index is 0.115. The Hall–Kier alpha value is -4.14. The van der Waals surface area contributed by atoms with Crippen LogP contribution in [0.25, 0.3) is 10.9 Å². The van der Waals surface area contributed by atoms with Crippen LogP contribution in [0.2, 0.25) is 0 Å². The fourth-order valence-corrected chi connectivity index (χ4v) is 3.94. The third-order valence-corrected chi connectivity index (χ3v) is 5.50. The highest BCUT2D eigenvalue weighted by Gasteiger charge is 2.39. The lowest BCUT2D eigenvalue weighted by Crippen LogP contribution is -2.33. The van der Waals surface area contributed by atoms with E-state index in [-0.39, 0.29) is 24.7 Å². The summed E-state index contributed by atoms with van der Waals surface area (Å²) in [5.41, 5.74) is 3.02. The van der Waals surface area contributed by atoms with Crippen LogP contribution in [0.1, 0.15) is 25.3 Å². The first-order valence-corrected chi connectivity index (χ1v) is 10.8. The van der Waals surface area contributed by atoms with E-state index in [0.29, 0.717) is 24.3 Å². The number of hydrogen-bond acceptors (Lipinski definition) is 4. The summed E-state index contributed by atoms with van der Waals surface area (Å²) in [7, 11) is 0. The number of carbonyl (C=O) groups excluding carboxylic acids is 4. The number of nitrogens with one attached hydrogen (secondary N) is 4. The smallest absolute Gasteiger partial charge is 0.329 e. The molecule has 0 unspecified atom stereocenters. The van der Waals surface area contributed by atoms with Crippen molar-refractivity contribution in [3.63, 3.8) is 0 Å². The number of carbonyl (C=O) groups is 4. The number of anilines is 2. The molecular weight excluding hydrogens is 422 g/mol. The van der Waals surface area contributed by atoms with Gasteiger partial charge in [0.25, 0.3) is 5.91 Å². The van der Waals surface area contributed by atoms with E-state index >= 15 is 0 Å². The van der Waals surface area contributed by atoms with Crippen molar-refractivity contribution in [1.82, 2.24) is 15.6 Å². The van der Waals surface area contributed by atoms with Gasteiger partial charge in [-0.05, 0) is 42.7 Å². The number of aromatic nitrogens is 1. The van der Waals surface area contributed by atoms with Crippen molar-refractivity contribution in [3.8, 4) is 0 Å². The lowest BCUT2D eigenvalue weighted by atomic mass is 10.1. The second-order valence-corrected chi connectivity index (χ2v) is 7.91. The molecule has 2 aromatic carbocycles. The Bertz CT molecular complexity index is 1220. The van der Waals surface area contributed by atoms with Gasteiger partial charge in [-0.25, -0.2) is 9.69 Å². The molecule has 33 heavy (non-hydrogen) atoms. The highest BCUT2D eigenvalue weighted by Crippen LogP contribution is 2.24. The summed E-state index contributed by atoms with van der Waals surface area (Å²) in [6, 6.07) is 13.1. The third kappa shape index (κ3) is 5.03. The molecule has 1 aromatic heterocycles. The van der Waals surface area contributed by atoms with Crippen LogP contribution in [-0.4, -0.2) is 41.3 Å². The van der Waals surface area contributed by atoms with Crippen LogP contribution in [-0.2, 0) is 20.8 Å². The summed E-state index contributed by atoms with van der Waals surface area (Å²) in [4.78, 5) is 53.0. The largest absolute Gasteiger partial charge is 0.361 e. The molecule has 5 amide bonds. The van der Waals surface area contributed by atoms with E-state index in [0.717, 1.165) is 21.4 Å². The SMILES string of the molecule is CC(=O)Nc1cccc(N2C(=O)N[C@@H](CCC(=O)NCCc3c[nH]c4ccccc34)C2=O)c1.